The molecule has 0 spiro atoms. The van der Waals surface area contributed by atoms with Crippen LogP contribution >= 0.6 is 0 Å². The molecule has 2 rings (SSSR count). The Bertz CT molecular complexity index is 503. The molecular formula is C11H13N3O. The van der Waals surface area contributed by atoms with E-state index < -0.39 is 0 Å². The highest BCUT2D eigenvalue weighted by Gasteiger charge is 2.11. The minimum atomic E-state index is 0.483. The molecule has 4 nitrogen and oxygen atoms in total. The Hall–Kier alpha value is -1.84. The van der Waals surface area contributed by atoms with E-state index in [0.717, 1.165) is 16.7 Å². The van der Waals surface area contributed by atoms with Crippen LogP contribution in [0.15, 0.2) is 16.7 Å². The first-order valence-electron chi connectivity index (χ1n) is 4.75. The van der Waals surface area contributed by atoms with Crippen LogP contribution in [-0.4, -0.2) is 10.1 Å². The van der Waals surface area contributed by atoms with Crippen LogP contribution in [0, 0.1) is 20.8 Å². The highest BCUT2D eigenvalue weighted by atomic mass is 16.5. The zero-order valence-electron chi connectivity index (χ0n) is 9.03. The second-order valence-corrected chi connectivity index (χ2v) is 3.69. The molecule has 15 heavy (non-hydrogen) atoms. The van der Waals surface area contributed by atoms with E-state index in [2.05, 4.69) is 10.1 Å². The van der Waals surface area contributed by atoms with Gasteiger partial charge in [-0.25, -0.2) is 0 Å². The van der Waals surface area contributed by atoms with Crippen molar-refractivity contribution in [3.05, 3.63) is 29.1 Å². The van der Waals surface area contributed by atoms with Crippen LogP contribution in [0.4, 0.5) is 5.69 Å². The lowest BCUT2D eigenvalue weighted by Gasteiger charge is -2.06. The summed E-state index contributed by atoms with van der Waals surface area (Å²) in [5.74, 6) is 1.10. The lowest BCUT2D eigenvalue weighted by Crippen LogP contribution is -1.95. The molecule has 0 aliphatic carbocycles. The van der Waals surface area contributed by atoms with Crippen molar-refractivity contribution in [1.82, 2.24) is 10.1 Å². The average molecular weight is 203 g/mol. The largest absolute Gasteiger partial charge is 0.398 e. The number of nitrogen functional groups attached to an aromatic ring is 1. The SMILES string of the molecule is Cc1cc(C)c(N)c(-c2nc(C)no2)c1. The summed E-state index contributed by atoms with van der Waals surface area (Å²) in [4.78, 5) is 4.17. The average Bonchev–Trinajstić information content (AvgIpc) is 2.58. The molecule has 4 heteroatoms. The number of hydrogen-bond donors (Lipinski definition) is 1. The van der Waals surface area contributed by atoms with E-state index in [-0.39, 0.29) is 0 Å². The third-order valence-corrected chi connectivity index (χ3v) is 2.29. The number of rotatable bonds is 1. The second kappa shape index (κ2) is 3.38. The van der Waals surface area contributed by atoms with E-state index >= 15 is 0 Å². The fourth-order valence-corrected chi connectivity index (χ4v) is 1.56. The van der Waals surface area contributed by atoms with Crippen molar-refractivity contribution in [3.8, 4) is 11.5 Å². The lowest BCUT2D eigenvalue weighted by molar-refractivity contribution is 0.426. The van der Waals surface area contributed by atoms with Gasteiger partial charge in [-0.3, -0.25) is 0 Å². The first-order valence-corrected chi connectivity index (χ1v) is 4.75. The van der Waals surface area contributed by atoms with Crippen molar-refractivity contribution in [3.63, 3.8) is 0 Å². The Morgan fingerprint density at radius 3 is 2.53 bits per heavy atom. The highest BCUT2D eigenvalue weighted by Crippen LogP contribution is 2.28. The van der Waals surface area contributed by atoms with Crippen molar-refractivity contribution in [2.45, 2.75) is 20.8 Å². The van der Waals surface area contributed by atoms with E-state index in [1.54, 1.807) is 6.92 Å². The summed E-state index contributed by atoms with van der Waals surface area (Å²) in [7, 11) is 0. The van der Waals surface area contributed by atoms with Crippen molar-refractivity contribution < 1.29 is 4.52 Å². The number of aromatic nitrogens is 2. The molecule has 78 valence electrons. The number of nitrogens with zero attached hydrogens (tertiary/aromatic N) is 2. The van der Waals surface area contributed by atoms with Gasteiger partial charge in [-0.2, -0.15) is 4.98 Å². The summed E-state index contributed by atoms with van der Waals surface area (Å²) >= 11 is 0. The molecule has 0 amide bonds. The van der Waals surface area contributed by atoms with Crippen LogP contribution < -0.4 is 5.73 Å². The highest BCUT2D eigenvalue weighted by molar-refractivity contribution is 5.74. The predicted molar refractivity (Wildman–Crippen MR) is 58.4 cm³/mol. The Balaban J connectivity index is 2.62. The van der Waals surface area contributed by atoms with Crippen LogP contribution in [0.1, 0.15) is 17.0 Å². The first-order chi connectivity index (χ1) is 7.08. The molecule has 0 atom stereocenters. The fourth-order valence-electron chi connectivity index (χ4n) is 1.56. The fraction of sp³-hybridized carbons (Fsp3) is 0.273. The molecule has 0 saturated heterocycles. The molecule has 0 bridgehead atoms. The topological polar surface area (TPSA) is 64.9 Å². The second-order valence-electron chi connectivity index (χ2n) is 3.69. The molecule has 0 aliphatic rings. The molecule has 2 N–H and O–H groups in total. The van der Waals surface area contributed by atoms with Crippen LogP contribution in [0.3, 0.4) is 0 Å². The molecule has 1 aromatic heterocycles. The van der Waals surface area contributed by atoms with Gasteiger partial charge in [0.1, 0.15) is 0 Å². The van der Waals surface area contributed by atoms with E-state index in [4.69, 9.17) is 10.3 Å². The van der Waals surface area contributed by atoms with Crippen LogP contribution in [-0.2, 0) is 0 Å². The van der Waals surface area contributed by atoms with Crippen molar-refractivity contribution in [1.29, 1.82) is 0 Å². The maximum Gasteiger partial charge on any atom is 0.260 e. The molecule has 0 aliphatic heterocycles. The number of anilines is 1. The van der Waals surface area contributed by atoms with Crippen LogP contribution in [0.25, 0.3) is 11.5 Å². The van der Waals surface area contributed by atoms with Gasteiger partial charge in [0.05, 0.1) is 5.56 Å². The standard InChI is InChI=1S/C11H13N3O/c1-6-4-7(2)10(12)9(5-6)11-13-8(3)14-15-11/h4-5H,12H2,1-3H3. The molecule has 0 saturated carbocycles. The molecule has 1 heterocycles. The number of hydrogen-bond acceptors (Lipinski definition) is 4. The third-order valence-electron chi connectivity index (χ3n) is 2.29. The summed E-state index contributed by atoms with van der Waals surface area (Å²) in [5.41, 5.74) is 9.64. The van der Waals surface area contributed by atoms with Gasteiger partial charge in [0, 0.05) is 5.69 Å². The summed E-state index contributed by atoms with van der Waals surface area (Å²) in [6.07, 6.45) is 0. The third kappa shape index (κ3) is 1.70. The Kier molecular flexibility index (Phi) is 2.19. The Morgan fingerprint density at radius 2 is 1.93 bits per heavy atom. The van der Waals surface area contributed by atoms with E-state index in [1.807, 2.05) is 26.0 Å². The smallest absolute Gasteiger partial charge is 0.260 e. The van der Waals surface area contributed by atoms with E-state index in [9.17, 15) is 0 Å². The van der Waals surface area contributed by atoms with Gasteiger partial charge in [-0.1, -0.05) is 11.2 Å². The number of nitrogens with two attached hydrogens (primary N) is 1. The molecule has 2 aromatic rings. The van der Waals surface area contributed by atoms with Gasteiger partial charge in [-0.15, -0.1) is 0 Å². The lowest BCUT2D eigenvalue weighted by atomic mass is 10.0. The molecular weight excluding hydrogens is 190 g/mol. The van der Waals surface area contributed by atoms with Gasteiger partial charge in [0.15, 0.2) is 5.82 Å². The zero-order valence-corrected chi connectivity index (χ0v) is 9.03. The normalized spacial score (nSPS) is 10.6. The van der Waals surface area contributed by atoms with Crippen molar-refractivity contribution >= 4 is 5.69 Å². The quantitative estimate of drug-likeness (QED) is 0.722. The van der Waals surface area contributed by atoms with Gasteiger partial charge in [0.25, 0.3) is 5.89 Å². The zero-order chi connectivity index (χ0) is 11.0. The van der Waals surface area contributed by atoms with Gasteiger partial charge < -0.3 is 10.3 Å². The Morgan fingerprint density at radius 1 is 1.20 bits per heavy atom. The first kappa shape index (κ1) is 9.71. The van der Waals surface area contributed by atoms with Crippen LogP contribution in [0.5, 0.6) is 0 Å². The van der Waals surface area contributed by atoms with Gasteiger partial charge >= 0.3 is 0 Å². The minimum Gasteiger partial charge on any atom is -0.398 e. The Labute approximate surface area is 88.1 Å². The maximum absolute atomic E-state index is 5.96. The summed E-state index contributed by atoms with van der Waals surface area (Å²) in [6.45, 7) is 5.76. The van der Waals surface area contributed by atoms with E-state index in [1.165, 1.54) is 0 Å². The maximum atomic E-state index is 5.96. The summed E-state index contributed by atoms with van der Waals surface area (Å²) in [5, 5.41) is 3.75. The predicted octanol–water partition coefficient (Wildman–Crippen LogP) is 2.24. The summed E-state index contributed by atoms with van der Waals surface area (Å²) in [6, 6.07) is 3.98. The minimum absolute atomic E-state index is 0.483. The number of benzene rings is 1. The number of aryl methyl sites for hydroxylation is 3. The van der Waals surface area contributed by atoms with Crippen LogP contribution in [0.2, 0.25) is 0 Å². The van der Waals surface area contributed by atoms with E-state index in [0.29, 0.717) is 17.4 Å². The molecule has 0 radical (unpaired) electrons. The van der Waals surface area contributed by atoms with Crippen molar-refractivity contribution in [2.75, 3.05) is 5.73 Å². The van der Waals surface area contributed by atoms with Crippen molar-refractivity contribution in [2.24, 2.45) is 0 Å². The van der Waals surface area contributed by atoms with Gasteiger partial charge in [-0.05, 0) is 38.0 Å². The monoisotopic (exact) mass is 203 g/mol. The molecule has 0 fully saturated rings. The summed E-state index contributed by atoms with van der Waals surface area (Å²) < 4.78 is 5.10. The molecule has 0 unspecified atom stereocenters. The molecule has 1 aromatic carbocycles. The van der Waals surface area contributed by atoms with Gasteiger partial charge in [0.2, 0.25) is 0 Å².